The average molecular weight is 215 g/mol. The molecule has 0 saturated heterocycles. The van der Waals surface area contributed by atoms with E-state index in [4.69, 9.17) is 0 Å². The second kappa shape index (κ2) is 4.83. The molecule has 1 aliphatic carbocycles. The molecule has 1 saturated carbocycles. The van der Waals surface area contributed by atoms with E-state index < -0.39 is 0 Å². The van der Waals surface area contributed by atoms with E-state index in [1.165, 1.54) is 25.7 Å². The monoisotopic (exact) mass is 214 g/mol. The van der Waals surface area contributed by atoms with Crippen molar-refractivity contribution in [2.75, 3.05) is 0 Å². The highest BCUT2D eigenvalue weighted by Crippen LogP contribution is 2.38. The van der Waals surface area contributed by atoms with Gasteiger partial charge >= 0.3 is 0 Å². The van der Waals surface area contributed by atoms with Crippen molar-refractivity contribution < 1.29 is 0 Å². The predicted octanol–water partition coefficient (Wildman–Crippen LogP) is 3.35. The molecule has 1 fully saturated rings. The zero-order valence-electron chi connectivity index (χ0n) is 7.07. The molecular formula is C10H15Br. The van der Waals surface area contributed by atoms with Gasteiger partial charge in [0.25, 0.3) is 0 Å². The minimum absolute atomic E-state index is 0.779. The van der Waals surface area contributed by atoms with Gasteiger partial charge in [-0.15, -0.1) is 11.8 Å². The Labute approximate surface area is 77.9 Å². The Bertz CT molecular complexity index is 159. The quantitative estimate of drug-likeness (QED) is 0.383. The SMILES string of the molecule is CC#CCCCC(Br)C1CC1. The maximum absolute atomic E-state index is 3.71. The molecule has 0 heterocycles. The minimum Gasteiger partial charge on any atom is -0.107 e. The molecule has 62 valence electrons. The zero-order valence-corrected chi connectivity index (χ0v) is 8.65. The molecule has 1 atom stereocenters. The Balaban J connectivity index is 1.95. The third-order valence-corrected chi connectivity index (χ3v) is 3.30. The van der Waals surface area contributed by atoms with Gasteiger partial charge in [-0.3, -0.25) is 0 Å². The van der Waals surface area contributed by atoms with Crippen LogP contribution in [0.4, 0.5) is 0 Å². The molecule has 0 amide bonds. The van der Waals surface area contributed by atoms with Gasteiger partial charge in [-0.25, -0.2) is 0 Å². The third-order valence-electron chi connectivity index (χ3n) is 2.09. The van der Waals surface area contributed by atoms with E-state index in [-0.39, 0.29) is 0 Å². The molecule has 11 heavy (non-hydrogen) atoms. The summed E-state index contributed by atoms with van der Waals surface area (Å²) in [5.41, 5.74) is 0. The highest BCUT2D eigenvalue weighted by molar-refractivity contribution is 9.09. The van der Waals surface area contributed by atoms with E-state index >= 15 is 0 Å². The summed E-state index contributed by atoms with van der Waals surface area (Å²) < 4.78 is 0. The van der Waals surface area contributed by atoms with Crippen LogP contribution in [0.25, 0.3) is 0 Å². The Morgan fingerprint density at radius 1 is 1.55 bits per heavy atom. The van der Waals surface area contributed by atoms with E-state index in [1.807, 2.05) is 6.92 Å². The Kier molecular flexibility index (Phi) is 4.01. The van der Waals surface area contributed by atoms with Gasteiger partial charge in [0, 0.05) is 11.2 Å². The van der Waals surface area contributed by atoms with Gasteiger partial charge in [-0.05, 0) is 38.5 Å². The van der Waals surface area contributed by atoms with Crippen LogP contribution in [0.2, 0.25) is 0 Å². The molecule has 0 spiro atoms. The highest BCUT2D eigenvalue weighted by Gasteiger charge is 2.28. The van der Waals surface area contributed by atoms with Crippen LogP contribution in [0.5, 0.6) is 0 Å². The fourth-order valence-electron chi connectivity index (χ4n) is 1.20. The van der Waals surface area contributed by atoms with Gasteiger partial charge in [-0.2, -0.15) is 0 Å². The second-order valence-corrected chi connectivity index (χ2v) is 4.35. The maximum Gasteiger partial charge on any atom is 0.0174 e. The van der Waals surface area contributed by atoms with Crippen molar-refractivity contribution in [1.29, 1.82) is 0 Å². The molecule has 0 nitrogen and oxygen atoms in total. The third kappa shape index (κ3) is 3.82. The summed E-state index contributed by atoms with van der Waals surface area (Å²) in [6.45, 7) is 1.91. The predicted molar refractivity (Wildman–Crippen MR) is 52.7 cm³/mol. The molecule has 0 aromatic rings. The second-order valence-electron chi connectivity index (χ2n) is 3.17. The standard InChI is InChI=1S/C10H15Br/c1-2-3-4-5-6-10(11)9-7-8-9/h9-10H,4-8H2,1H3. The number of hydrogen-bond acceptors (Lipinski definition) is 0. The summed E-state index contributed by atoms with van der Waals surface area (Å²) in [5.74, 6) is 7.00. The topological polar surface area (TPSA) is 0 Å². The van der Waals surface area contributed by atoms with Crippen LogP contribution in [-0.4, -0.2) is 4.83 Å². The van der Waals surface area contributed by atoms with Gasteiger partial charge in [0.1, 0.15) is 0 Å². The van der Waals surface area contributed by atoms with Crippen molar-refractivity contribution in [2.45, 2.75) is 43.9 Å². The summed E-state index contributed by atoms with van der Waals surface area (Å²) >= 11 is 3.71. The fraction of sp³-hybridized carbons (Fsp3) is 0.800. The van der Waals surface area contributed by atoms with Gasteiger partial charge < -0.3 is 0 Å². The van der Waals surface area contributed by atoms with E-state index in [1.54, 1.807) is 0 Å². The lowest BCUT2D eigenvalue weighted by atomic mass is 10.1. The molecule has 0 aromatic carbocycles. The highest BCUT2D eigenvalue weighted by atomic mass is 79.9. The number of hydrogen-bond donors (Lipinski definition) is 0. The first-order chi connectivity index (χ1) is 5.34. The van der Waals surface area contributed by atoms with Crippen LogP contribution in [0, 0.1) is 17.8 Å². The maximum atomic E-state index is 3.71. The van der Waals surface area contributed by atoms with Crippen molar-refractivity contribution in [3.8, 4) is 11.8 Å². The van der Waals surface area contributed by atoms with E-state index in [9.17, 15) is 0 Å². The van der Waals surface area contributed by atoms with Crippen molar-refractivity contribution in [3.63, 3.8) is 0 Å². The van der Waals surface area contributed by atoms with E-state index in [2.05, 4.69) is 27.8 Å². The van der Waals surface area contributed by atoms with Gasteiger partial charge in [0.15, 0.2) is 0 Å². The Hall–Kier alpha value is 0.0400. The summed E-state index contributed by atoms with van der Waals surface area (Å²) in [4.78, 5) is 0.779. The molecule has 1 heteroatoms. The van der Waals surface area contributed by atoms with Crippen LogP contribution >= 0.6 is 15.9 Å². The molecule has 0 N–H and O–H groups in total. The number of rotatable bonds is 4. The van der Waals surface area contributed by atoms with Gasteiger partial charge in [0.2, 0.25) is 0 Å². The lowest BCUT2D eigenvalue weighted by Gasteiger charge is -2.04. The molecule has 0 aromatic heterocycles. The van der Waals surface area contributed by atoms with Crippen LogP contribution in [-0.2, 0) is 0 Å². The summed E-state index contributed by atoms with van der Waals surface area (Å²) in [6.07, 6.45) is 6.52. The summed E-state index contributed by atoms with van der Waals surface area (Å²) in [6, 6.07) is 0. The molecular weight excluding hydrogens is 200 g/mol. The van der Waals surface area contributed by atoms with Crippen molar-refractivity contribution >= 4 is 15.9 Å². The van der Waals surface area contributed by atoms with Gasteiger partial charge in [-0.1, -0.05) is 15.9 Å². The lowest BCUT2D eigenvalue weighted by Crippen LogP contribution is -1.98. The van der Waals surface area contributed by atoms with Crippen molar-refractivity contribution in [1.82, 2.24) is 0 Å². The minimum atomic E-state index is 0.779. The fourth-order valence-corrected chi connectivity index (χ4v) is 2.06. The largest absolute Gasteiger partial charge is 0.107 e. The van der Waals surface area contributed by atoms with Crippen LogP contribution in [0.3, 0.4) is 0 Å². The first-order valence-electron chi connectivity index (χ1n) is 4.38. The first-order valence-corrected chi connectivity index (χ1v) is 5.30. The molecule has 0 aliphatic heterocycles. The van der Waals surface area contributed by atoms with E-state index in [0.717, 1.165) is 17.2 Å². The molecule has 0 bridgehead atoms. The molecule has 1 aliphatic rings. The van der Waals surface area contributed by atoms with Crippen LogP contribution < -0.4 is 0 Å². The molecule has 1 rings (SSSR count). The van der Waals surface area contributed by atoms with Crippen LogP contribution in [0.15, 0.2) is 0 Å². The normalized spacial score (nSPS) is 18.7. The van der Waals surface area contributed by atoms with E-state index in [0.29, 0.717) is 0 Å². The van der Waals surface area contributed by atoms with Gasteiger partial charge in [0.05, 0.1) is 0 Å². The summed E-state index contributed by atoms with van der Waals surface area (Å²) in [5, 5.41) is 0. The zero-order chi connectivity index (χ0) is 8.10. The smallest absolute Gasteiger partial charge is 0.0174 e. The first kappa shape index (κ1) is 9.13. The Morgan fingerprint density at radius 3 is 2.82 bits per heavy atom. The number of halogens is 1. The average Bonchev–Trinajstić information content (AvgIpc) is 2.79. The van der Waals surface area contributed by atoms with Crippen molar-refractivity contribution in [2.24, 2.45) is 5.92 Å². The lowest BCUT2D eigenvalue weighted by molar-refractivity contribution is 0.664. The van der Waals surface area contributed by atoms with Crippen LogP contribution in [0.1, 0.15) is 39.0 Å². The summed E-state index contributed by atoms with van der Waals surface area (Å²) in [7, 11) is 0. The van der Waals surface area contributed by atoms with Crippen molar-refractivity contribution in [3.05, 3.63) is 0 Å². The number of unbranched alkanes of at least 4 members (excludes halogenated alkanes) is 1. The Morgan fingerprint density at radius 2 is 2.27 bits per heavy atom. The molecule has 0 radical (unpaired) electrons. The number of alkyl halides is 1. The molecule has 1 unspecified atom stereocenters.